The topological polar surface area (TPSA) is 42.9 Å². The van der Waals surface area contributed by atoms with Gasteiger partial charge in [0.25, 0.3) is 0 Å². The van der Waals surface area contributed by atoms with Gasteiger partial charge in [-0.2, -0.15) is 0 Å². The van der Waals surface area contributed by atoms with Crippen molar-refractivity contribution in [2.75, 3.05) is 0 Å². The van der Waals surface area contributed by atoms with Crippen LogP contribution in [0.25, 0.3) is 0 Å². The largest absolute Gasteiger partial charge is 0.302 e. The van der Waals surface area contributed by atoms with Crippen molar-refractivity contribution in [3.8, 4) is 0 Å². The molecule has 1 aromatic rings. The molecular formula is C6H3ClF2N2O. The van der Waals surface area contributed by atoms with Gasteiger partial charge in [0.2, 0.25) is 5.78 Å². The van der Waals surface area contributed by atoms with Crippen molar-refractivity contribution in [1.82, 2.24) is 9.97 Å². The number of aromatic nitrogens is 2. The number of alkyl halides is 2. The van der Waals surface area contributed by atoms with Crippen molar-refractivity contribution in [1.29, 1.82) is 0 Å². The molecule has 1 rings (SSSR count). The molecule has 0 aliphatic heterocycles. The van der Waals surface area contributed by atoms with E-state index in [2.05, 4.69) is 9.97 Å². The van der Waals surface area contributed by atoms with Gasteiger partial charge in [-0.15, -0.1) is 0 Å². The Morgan fingerprint density at radius 1 is 1.42 bits per heavy atom. The molecule has 0 bridgehead atoms. The monoisotopic (exact) mass is 192 g/mol. The lowest BCUT2D eigenvalue weighted by atomic mass is 10.3. The Bertz CT molecular complexity index is 288. The van der Waals surface area contributed by atoms with E-state index in [4.69, 9.17) is 11.6 Å². The third kappa shape index (κ3) is 1.94. The first-order valence-corrected chi connectivity index (χ1v) is 3.29. The molecule has 0 saturated carbocycles. The van der Waals surface area contributed by atoms with Gasteiger partial charge >= 0.3 is 6.43 Å². The summed E-state index contributed by atoms with van der Waals surface area (Å²) in [6.45, 7) is 0. The number of halogens is 3. The van der Waals surface area contributed by atoms with Gasteiger partial charge in [-0.1, -0.05) is 11.6 Å². The number of hydrogen-bond acceptors (Lipinski definition) is 3. The highest BCUT2D eigenvalue weighted by atomic mass is 35.5. The normalized spacial score (nSPS) is 10.3. The van der Waals surface area contributed by atoms with E-state index in [1.807, 2.05) is 0 Å². The van der Waals surface area contributed by atoms with Gasteiger partial charge in [-0.05, 0) is 0 Å². The van der Waals surface area contributed by atoms with Gasteiger partial charge in [0.1, 0.15) is 10.8 Å². The minimum Gasteiger partial charge on any atom is -0.286 e. The number of nitrogens with zero attached hydrogens (tertiary/aromatic N) is 2. The zero-order valence-electron chi connectivity index (χ0n) is 5.67. The van der Waals surface area contributed by atoms with E-state index in [1.54, 1.807) is 0 Å². The maximum absolute atomic E-state index is 11.8. The summed E-state index contributed by atoms with van der Waals surface area (Å²) in [5.74, 6) is -1.35. The van der Waals surface area contributed by atoms with E-state index in [1.165, 1.54) is 0 Å². The number of hydrogen-bond donors (Lipinski definition) is 0. The molecule has 0 spiro atoms. The van der Waals surface area contributed by atoms with Crippen LogP contribution < -0.4 is 0 Å². The van der Waals surface area contributed by atoms with Gasteiger partial charge in [0.05, 0.1) is 12.4 Å². The predicted octanol–water partition coefficient (Wildman–Crippen LogP) is 1.58. The molecule has 0 atom stereocenters. The van der Waals surface area contributed by atoms with E-state index >= 15 is 0 Å². The summed E-state index contributed by atoms with van der Waals surface area (Å²) >= 11 is 5.32. The summed E-state index contributed by atoms with van der Waals surface area (Å²) in [4.78, 5) is 17.4. The SMILES string of the molecule is O=C(c1cnc(Cl)cn1)C(F)F. The average molecular weight is 193 g/mol. The molecule has 6 heteroatoms. The molecule has 1 aromatic heterocycles. The van der Waals surface area contributed by atoms with Crippen LogP contribution in [0.5, 0.6) is 0 Å². The van der Waals surface area contributed by atoms with E-state index in [9.17, 15) is 13.6 Å². The van der Waals surface area contributed by atoms with Gasteiger partial charge in [-0.25, -0.2) is 18.7 Å². The lowest BCUT2D eigenvalue weighted by Crippen LogP contribution is -2.12. The fraction of sp³-hybridized carbons (Fsp3) is 0.167. The summed E-state index contributed by atoms with van der Waals surface area (Å²) < 4.78 is 23.5. The number of carbonyl (C=O) groups is 1. The van der Waals surface area contributed by atoms with Crippen molar-refractivity contribution < 1.29 is 13.6 Å². The molecule has 0 saturated heterocycles. The van der Waals surface area contributed by atoms with Gasteiger partial charge < -0.3 is 0 Å². The van der Waals surface area contributed by atoms with Crippen LogP contribution in [0.3, 0.4) is 0 Å². The van der Waals surface area contributed by atoms with Crippen LogP contribution in [-0.4, -0.2) is 22.2 Å². The van der Waals surface area contributed by atoms with Crippen molar-refractivity contribution in [3.05, 3.63) is 23.2 Å². The maximum Gasteiger partial charge on any atom is 0.302 e. The molecule has 12 heavy (non-hydrogen) atoms. The highest BCUT2D eigenvalue weighted by Gasteiger charge is 2.18. The Kier molecular flexibility index (Phi) is 2.65. The average Bonchev–Trinajstić information content (AvgIpc) is 2.04. The van der Waals surface area contributed by atoms with E-state index in [-0.39, 0.29) is 10.8 Å². The van der Waals surface area contributed by atoms with Gasteiger partial charge in [-0.3, -0.25) is 4.79 Å². The van der Waals surface area contributed by atoms with Crippen LogP contribution in [0.4, 0.5) is 8.78 Å². The van der Waals surface area contributed by atoms with Crippen LogP contribution in [0.15, 0.2) is 12.4 Å². The Morgan fingerprint density at radius 2 is 2.08 bits per heavy atom. The van der Waals surface area contributed by atoms with Crippen LogP contribution in [0.1, 0.15) is 10.5 Å². The second-order valence-corrected chi connectivity index (χ2v) is 2.28. The summed E-state index contributed by atoms with van der Waals surface area (Å²) in [5, 5.41) is 0.0563. The predicted molar refractivity (Wildman–Crippen MR) is 37.4 cm³/mol. The minimum atomic E-state index is -3.06. The zero-order chi connectivity index (χ0) is 9.14. The number of Topliss-reactive ketones (excluding diaryl/α,β-unsaturated/α-hetero) is 1. The lowest BCUT2D eigenvalue weighted by molar-refractivity contribution is 0.0672. The number of rotatable bonds is 2. The molecule has 0 aromatic carbocycles. The van der Waals surface area contributed by atoms with Crippen molar-refractivity contribution in [2.45, 2.75) is 6.43 Å². The van der Waals surface area contributed by atoms with Crippen molar-refractivity contribution >= 4 is 17.4 Å². The van der Waals surface area contributed by atoms with E-state index < -0.39 is 12.2 Å². The van der Waals surface area contributed by atoms with Crippen molar-refractivity contribution in [3.63, 3.8) is 0 Å². The molecule has 0 N–H and O–H groups in total. The molecular weight excluding hydrogens is 190 g/mol. The number of ketones is 1. The third-order valence-corrected chi connectivity index (χ3v) is 1.27. The second kappa shape index (κ2) is 3.53. The molecule has 0 amide bonds. The van der Waals surface area contributed by atoms with Crippen LogP contribution >= 0.6 is 11.6 Å². The molecule has 0 aliphatic carbocycles. The first-order chi connectivity index (χ1) is 5.61. The fourth-order valence-electron chi connectivity index (χ4n) is 0.551. The van der Waals surface area contributed by atoms with Crippen molar-refractivity contribution in [2.24, 2.45) is 0 Å². The standard InChI is InChI=1S/C6H3ClF2N2O/c7-4-2-10-3(1-11-4)5(12)6(8)9/h1-2,6H. The molecule has 1 heterocycles. The van der Waals surface area contributed by atoms with Gasteiger partial charge in [0.15, 0.2) is 0 Å². The molecule has 3 nitrogen and oxygen atoms in total. The highest BCUT2D eigenvalue weighted by molar-refractivity contribution is 6.29. The Balaban J connectivity index is 2.90. The fourth-order valence-corrected chi connectivity index (χ4v) is 0.649. The first kappa shape index (κ1) is 8.99. The maximum atomic E-state index is 11.8. The quantitative estimate of drug-likeness (QED) is 0.668. The van der Waals surface area contributed by atoms with E-state index in [0.29, 0.717) is 0 Å². The summed E-state index contributed by atoms with van der Waals surface area (Å²) in [5.41, 5.74) is -0.380. The Morgan fingerprint density at radius 3 is 2.50 bits per heavy atom. The Labute approximate surface area is 71.4 Å². The summed E-state index contributed by atoms with van der Waals surface area (Å²) in [6.07, 6.45) is -1.10. The van der Waals surface area contributed by atoms with Crippen LogP contribution in [0, 0.1) is 0 Å². The zero-order valence-corrected chi connectivity index (χ0v) is 6.42. The number of carbonyl (C=O) groups excluding carboxylic acids is 1. The minimum absolute atomic E-state index is 0.0563. The summed E-state index contributed by atoms with van der Waals surface area (Å²) in [6, 6.07) is 0. The van der Waals surface area contributed by atoms with Crippen LogP contribution in [0.2, 0.25) is 5.15 Å². The molecule has 64 valence electrons. The van der Waals surface area contributed by atoms with E-state index in [0.717, 1.165) is 12.4 Å². The lowest BCUT2D eigenvalue weighted by Gasteiger charge is -1.96. The molecule has 0 radical (unpaired) electrons. The molecule has 0 fully saturated rings. The molecule has 0 unspecified atom stereocenters. The van der Waals surface area contributed by atoms with Gasteiger partial charge in [0, 0.05) is 0 Å². The first-order valence-electron chi connectivity index (χ1n) is 2.91. The summed E-state index contributed by atoms with van der Waals surface area (Å²) in [7, 11) is 0. The molecule has 0 aliphatic rings. The smallest absolute Gasteiger partial charge is 0.286 e. The van der Waals surface area contributed by atoms with Crippen LogP contribution in [-0.2, 0) is 0 Å². The third-order valence-electron chi connectivity index (χ3n) is 1.07. The Hall–Kier alpha value is -1.10. The second-order valence-electron chi connectivity index (χ2n) is 1.89. The highest BCUT2D eigenvalue weighted by Crippen LogP contribution is 2.06.